The Kier molecular flexibility index (Phi) is 6.75. The first-order valence-electron chi connectivity index (χ1n) is 9.01. The molecule has 2 aromatic carbocycles. The molecular formula is C21H22N4O2S. The molecule has 0 fully saturated rings. The number of para-hydroxylation sites is 1. The number of aryl methyl sites for hydroxylation is 1. The number of nitrogen functional groups attached to an aromatic ring is 1. The minimum atomic E-state index is -0.315. The number of nitrogens with zero attached hydrogens (tertiary/aromatic N) is 2. The summed E-state index contributed by atoms with van der Waals surface area (Å²) in [6.07, 6.45) is 3.03. The molecule has 1 heterocycles. The van der Waals surface area contributed by atoms with E-state index in [-0.39, 0.29) is 5.91 Å². The first-order valence-corrected chi connectivity index (χ1v) is 9.83. The van der Waals surface area contributed by atoms with Gasteiger partial charge in [0.2, 0.25) is 0 Å². The molecule has 0 unspecified atom stereocenters. The van der Waals surface area contributed by atoms with E-state index < -0.39 is 0 Å². The lowest BCUT2D eigenvalue weighted by atomic mass is 10.2. The van der Waals surface area contributed by atoms with Gasteiger partial charge in [-0.25, -0.2) is 10.4 Å². The van der Waals surface area contributed by atoms with Crippen LogP contribution in [-0.4, -0.2) is 23.7 Å². The summed E-state index contributed by atoms with van der Waals surface area (Å²) in [5.74, 6) is 0.400. The number of hydrazone groups is 1. The molecule has 3 aromatic rings. The van der Waals surface area contributed by atoms with Crippen molar-refractivity contribution in [1.82, 2.24) is 10.4 Å². The van der Waals surface area contributed by atoms with Crippen molar-refractivity contribution in [3.63, 3.8) is 0 Å². The van der Waals surface area contributed by atoms with E-state index in [1.165, 1.54) is 5.56 Å². The Morgan fingerprint density at radius 2 is 1.96 bits per heavy atom. The summed E-state index contributed by atoms with van der Waals surface area (Å²) in [7, 11) is 0. The van der Waals surface area contributed by atoms with Crippen LogP contribution < -0.4 is 15.9 Å². The summed E-state index contributed by atoms with van der Waals surface area (Å²) >= 11 is 1.16. The molecule has 0 saturated carbocycles. The first kappa shape index (κ1) is 19.6. The van der Waals surface area contributed by atoms with Crippen LogP contribution in [0.3, 0.4) is 0 Å². The van der Waals surface area contributed by atoms with Gasteiger partial charge in [0.1, 0.15) is 10.6 Å². The zero-order valence-corrected chi connectivity index (χ0v) is 16.4. The lowest BCUT2D eigenvalue weighted by Gasteiger charge is -2.09. The van der Waals surface area contributed by atoms with Gasteiger partial charge in [0.05, 0.1) is 18.5 Å². The van der Waals surface area contributed by atoms with E-state index in [9.17, 15) is 4.79 Å². The van der Waals surface area contributed by atoms with Crippen LogP contribution in [0.2, 0.25) is 0 Å². The SMILES string of the molecule is CCc1nc(N)sc1C(=O)N/N=C/c1ccccc1OCCc1ccccc1. The standard InChI is InChI=1S/C21H22N4O2S/c1-2-17-19(28-21(22)24-17)20(26)25-23-14-16-10-6-7-11-18(16)27-13-12-15-8-4-3-5-9-15/h3-11,14H,2,12-13H2,1H3,(H2,22,24)(H,25,26)/b23-14+. The molecule has 7 heteroatoms. The van der Waals surface area contributed by atoms with Gasteiger partial charge in [-0.3, -0.25) is 4.79 Å². The minimum Gasteiger partial charge on any atom is -0.493 e. The smallest absolute Gasteiger partial charge is 0.283 e. The summed E-state index contributed by atoms with van der Waals surface area (Å²) < 4.78 is 5.89. The van der Waals surface area contributed by atoms with E-state index in [0.717, 1.165) is 23.3 Å². The maximum absolute atomic E-state index is 12.3. The summed E-state index contributed by atoms with van der Waals surface area (Å²) in [4.78, 5) is 16.9. The molecule has 0 atom stereocenters. The topological polar surface area (TPSA) is 89.6 Å². The molecule has 144 valence electrons. The number of thiazole rings is 1. The number of rotatable bonds is 8. The lowest BCUT2D eigenvalue weighted by Crippen LogP contribution is -2.18. The Hall–Kier alpha value is -3.19. The molecular weight excluding hydrogens is 372 g/mol. The Bertz CT molecular complexity index is 954. The quantitative estimate of drug-likeness (QED) is 0.451. The number of carbonyl (C=O) groups is 1. The average Bonchev–Trinajstić information content (AvgIpc) is 3.11. The molecule has 3 N–H and O–H groups in total. The number of benzene rings is 2. The van der Waals surface area contributed by atoms with Crippen LogP contribution in [0.25, 0.3) is 0 Å². The number of carbonyl (C=O) groups excluding carboxylic acids is 1. The fourth-order valence-corrected chi connectivity index (χ4v) is 3.45. The summed E-state index contributed by atoms with van der Waals surface area (Å²) in [5, 5.41) is 4.44. The van der Waals surface area contributed by atoms with E-state index in [0.29, 0.717) is 34.5 Å². The van der Waals surface area contributed by atoms with Crippen molar-refractivity contribution in [2.24, 2.45) is 5.10 Å². The average molecular weight is 395 g/mol. The molecule has 0 bridgehead atoms. The monoisotopic (exact) mass is 394 g/mol. The highest BCUT2D eigenvalue weighted by Crippen LogP contribution is 2.21. The minimum absolute atomic E-state index is 0.315. The van der Waals surface area contributed by atoms with Gasteiger partial charge in [-0.05, 0) is 24.1 Å². The number of aromatic nitrogens is 1. The van der Waals surface area contributed by atoms with E-state index in [1.54, 1.807) is 6.21 Å². The van der Waals surface area contributed by atoms with Crippen molar-refractivity contribution >= 4 is 28.6 Å². The Balaban J connectivity index is 1.60. The van der Waals surface area contributed by atoms with Gasteiger partial charge in [0.25, 0.3) is 5.91 Å². The molecule has 0 saturated heterocycles. The maximum Gasteiger partial charge on any atom is 0.283 e. The third kappa shape index (κ3) is 5.17. The molecule has 3 rings (SSSR count). The second-order valence-corrected chi connectivity index (χ2v) is 7.03. The van der Waals surface area contributed by atoms with Crippen molar-refractivity contribution in [2.45, 2.75) is 19.8 Å². The maximum atomic E-state index is 12.3. The lowest BCUT2D eigenvalue weighted by molar-refractivity contribution is 0.0958. The predicted molar refractivity (Wildman–Crippen MR) is 113 cm³/mol. The molecule has 0 aliphatic rings. The van der Waals surface area contributed by atoms with Crippen molar-refractivity contribution < 1.29 is 9.53 Å². The zero-order chi connectivity index (χ0) is 19.8. The molecule has 1 aromatic heterocycles. The third-order valence-electron chi connectivity index (χ3n) is 4.03. The van der Waals surface area contributed by atoms with Gasteiger partial charge in [-0.15, -0.1) is 0 Å². The van der Waals surface area contributed by atoms with E-state index in [1.807, 2.05) is 49.4 Å². The highest BCUT2D eigenvalue weighted by atomic mass is 32.1. The first-order chi connectivity index (χ1) is 13.7. The summed E-state index contributed by atoms with van der Waals surface area (Å²) in [5.41, 5.74) is 10.9. The zero-order valence-electron chi connectivity index (χ0n) is 15.6. The van der Waals surface area contributed by atoms with E-state index in [2.05, 4.69) is 27.6 Å². The van der Waals surface area contributed by atoms with Crippen LogP contribution in [0.1, 0.15) is 33.4 Å². The van der Waals surface area contributed by atoms with Gasteiger partial charge in [-0.2, -0.15) is 5.10 Å². The number of anilines is 1. The number of nitrogens with one attached hydrogen (secondary N) is 1. The van der Waals surface area contributed by atoms with Crippen LogP contribution in [0, 0.1) is 0 Å². The molecule has 0 radical (unpaired) electrons. The fraction of sp³-hybridized carbons (Fsp3) is 0.190. The second kappa shape index (κ2) is 9.66. The van der Waals surface area contributed by atoms with Crippen LogP contribution >= 0.6 is 11.3 Å². The van der Waals surface area contributed by atoms with Crippen LogP contribution in [0.4, 0.5) is 5.13 Å². The number of hydrogen-bond donors (Lipinski definition) is 2. The predicted octanol–water partition coefficient (Wildman–Crippen LogP) is 3.67. The molecule has 0 aliphatic heterocycles. The third-order valence-corrected chi connectivity index (χ3v) is 4.96. The molecule has 0 aliphatic carbocycles. The van der Waals surface area contributed by atoms with E-state index >= 15 is 0 Å². The highest BCUT2D eigenvalue weighted by molar-refractivity contribution is 7.17. The summed E-state index contributed by atoms with van der Waals surface area (Å²) in [6, 6.07) is 17.7. The van der Waals surface area contributed by atoms with Crippen LogP contribution in [-0.2, 0) is 12.8 Å². The molecule has 6 nitrogen and oxygen atoms in total. The Morgan fingerprint density at radius 3 is 2.75 bits per heavy atom. The van der Waals surface area contributed by atoms with Gasteiger partial charge in [0.15, 0.2) is 5.13 Å². The van der Waals surface area contributed by atoms with Gasteiger partial charge in [-0.1, -0.05) is 60.7 Å². The number of ether oxygens (including phenoxy) is 1. The van der Waals surface area contributed by atoms with E-state index in [4.69, 9.17) is 10.5 Å². The second-order valence-electron chi connectivity index (χ2n) is 6.00. The van der Waals surface area contributed by atoms with Crippen LogP contribution in [0.15, 0.2) is 59.7 Å². The molecule has 28 heavy (non-hydrogen) atoms. The van der Waals surface area contributed by atoms with Crippen molar-refractivity contribution in [2.75, 3.05) is 12.3 Å². The van der Waals surface area contributed by atoms with Crippen molar-refractivity contribution in [3.05, 3.63) is 76.3 Å². The van der Waals surface area contributed by atoms with Crippen LogP contribution in [0.5, 0.6) is 5.75 Å². The normalized spacial score (nSPS) is 10.9. The largest absolute Gasteiger partial charge is 0.493 e. The number of nitrogens with two attached hydrogens (primary N) is 1. The Morgan fingerprint density at radius 1 is 1.21 bits per heavy atom. The van der Waals surface area contributed by atoms with Gasteiger partial charge in [0, 0.05) is 12.0 Å². The summed E-state index contributed by atoms with van der Waals surface area (Å²) in [6.45, 7) is 2.48. The van der Waals surface area contributed by atoms with Crippen molar-refractivity contribution in [3.8, 4) is 5.75 Å². The Labute approximate surface area is 168 Å². The highest BCUT2D eigenvalue weighted by Gasteiger charge is 2.15. The van der Waals surface area contributed by atoms with Gasteiger partial charge < -0.3 is 10.5 Å². The fourth-order valence-electron chi connectivity index (χ4n) is 2.64. The molecule has 0 spiro atoms. The molecule has 1 amide bonds. The number of amides is 1. The van der Waals surface area contributed by atoms with Crippen molar-refractivity contribution in [1.29, 1.82) is 0 Å². The number of hydrogen-bond acceptors (Lipinski definition) is 6. The van der Waals surface area contributed by atoms with Gasteiger partial charge >= 0.3 is 0 Å².